The van der Waals surface area contributed by atoms with Crippen LogP contribution in [0, 0.1) is 22.7 Å². The molecule has 34 heavy (non-hydrogen) atoms. The van der Waals surface area contributed by atoms with Crippen LogP contribution in [0.25, 0.3) is 0 Å². The molecule has 0 unspecified atom stereocenters. The van der Waals surface area contributed by atoms with Crippen LogP contribution in [0.15, 0.2) is 10.3 Å². The predicted molar refractivity (Wildman–Crippen MR) is 138 cm³/mol. The zero-order valence-electron chi connectivity index (χ0n) is 20.8. The molecule has 2 heterocycles. The Morgan fingerprint density at radius 3 is 1.24 bits per heavy atom. The van der Waals surface area contributed by atoms with E-state index in [1.165, 1.54) is 23.5 Å². The maximum absolute atomic E-state index is 8.95. The van der Waals surface area contributed by atoms with Gasteiger partial charge in [-0.25, -0.2) is 0 Å². The highest BCUT2D eigenvalue weighted by atomic mass is 32.2. The Bertz CT molecular complexity index is 932. The summed E-state index contributed by atoms with van der Waals surface area (Å²) in [5.41, 5.74) is -1.42. The molecule has 0 atom stereocenters. The molecule has 0 radical (unpaired) electrons. The van der Waals surface area contributed by atoms with Crippen LogP contribution in [-0.4, -0.2) is 66.6 Å². The van der Waals surface area contributed by atoms with E-state index in [1.54, 1.807) is 27.7 Å². The Kier molecular flexibility index (Phi) is 11.5. The molecule has 0 bridgehead atoms. The molecular weight excluding hydrogens is 472 g/mol. The second-order valence-corrected chi connectivity index (χ2v) is 9.27. The summed E-state index contributed by atoms with van der Waals surface area (Å²) in [4.78, 5) is 25.2. The summed E-state index contributed by atoms with van der Waals surface area (Å²) >= 11 is 2.86. The van der Waals surface area contributed by atoms with Gasteiger partial charge in [0.2, 0.25) is 23.8 Å². The number of aromatic nitrogens is 6. The molecule has 4 N–H and O–H groups in total. The van der Waals surface area contributed by atoms with E-state index in [9.17, 15) is 0 Å². The smallest absolute Gasteiger partial charge is 0.229 e. The van der Waals surface area contributed by atoms with Crippen molar-refractivity contribution in [3.63, 3.8) is 0 Å². The zero-order chi connectivity index (χ0) is 25.8. The summed E-state index contributed by atoms with van der Waals surface area (Å²) in [5, 5.41) is 31.1. The van der Waals surface area contributed by atoms with Crippen LogP contribution >= 0.6 is 23.5 Å². The molecule has 184 valence electrons. The molecular formula is C20H32N12S2. The number of nitriles is 2. The highest BCUT2D eigenvalue weighted by molar-refractivity contribution is 7.98. The van der Waals surface area contributed by atoms with Gasteiger partial charge in [-0.3, -0.25) is 0 Å². The first kappa shape index (κ1) is 28.9. The lowest BCUT2D eigenvalue weighted by molar-refractivity contribution is 0.709. The van der Waals surface area contributed by atoms with Crippen LogP contribution in [0.3, 0.4) is 0 Å². The summed E-state index contributed by atoms with van der Waals surface area (Å²) in [6.07, 6.45) is 3.79. The topological polar surface area (TPSA) is 173 Å². The highest BCUT2D eigenvalue weighted by Crippen LogP contribution is 2.17. The van der Waals surface area contributed by atoms with Crippen LogP contribution in [0.4, 0.5) is 23.8 Å². The Morgan fingerprint density at radius 2 is 0.971 bits per heavy atom. The van der Waals surface area contributed by atoms with Gasteiger partial charge in [0, 0.05) is 13.1 Å². The largest absolute Gasteiger partial charge is 0.354 e. The Morgan fingerprint density at radius 1 is 0.647 bits per heavy atom. The van der Waals surface area contributed by atoms with Crippen LogP contribution in [0.1, 0.15) is 41.5 Å². The number of rotatable bonds is 10. The summed E-state index contributed by atoms with van der Waals surface area (Å²) in [6.45, 7) is 12.5. The average Bonchev–Trinajstić information content (AvgIpc) is 2.79. The second kappa shape index (κ2) is 13.6. The van der Waals surface area contributed by atoms with Crippen molar-refractivity contribution in [1.82, 2.24) is 29.9 Å². The van der Waals surface area contributed by atoms with Crippen LogP contribution < -0.4 is 21.3 Å². The molecule has 14 heteroatoms. The van der Waals surface area contributed by atoms with Crippen molar-refractivity contribution >= 4 is 47.3 Å². The first-order valence-corrected chi connectivity index (χ1v) is 12.9. The minimum absolute atomic E-state index is 0.409. The molecule has 2 rings (SSSR count). The van der Waals surface area contributed by atoms with E-state index in [0.717, 1.165) is 13.1 Å². The third kappa shape index (κ3) is 10.2. The Labute approximate surface area is 209 Å². The third-order valence-electron chi connectivity index (χ3n) is 3.67. The summed E-state index contributed by atoms with van der Waals surface area (Å²) in [6, 6.07) is 4.28. The van der Waals surface area contributed by atoms with Gasteiger partial charge in [0.05, 0.1) is 12.1 Å². The molecule has 2 aromatic rings. The van der Waals surface area contributed by atoms with Crippen molar-refractivity contribution in [2.24, 2.45) is 0 Å². The summed E-state index contributed by atoms with van der Waals surface area (Å²) in [7, 11) is 0. The molecule has 0 fully saturated rings. The van der Waals surface area contributed by atoms with E-state index in [-0.39, 0.29) is 0 Å². The van der Waals surface area contributed by atoms with Crippen molar-refractivity contribution in [2.45, 2.75) is 62.9 Å². The first-order chi connectivity index (χ1) is 16.0. The predicted octanol–water partition coefficient (Wildman–Crippen LogP) is 3.48. The molecule has 12 nitrogen and oxygen atoms in total. The molecule has 0 saturated carbocycles. The number of nitrogens with zero attached hydrogens (tertiary/aromatic N) is 8. The molecule has 0 aromatic carbocycles. The van der Waals surface area contributed by atoms with Crippen molar-refractivity contribution in [1.29, 1.82) is 10.5 Å². The van der Waals surface area contributed by atoms with Gasteiger partial charge in [-0.2, -0.15) is 40.4 Å². The van der Waals surface area contributed by atoms with Gasteiger partial charge in [-0.15, -0.1) is 0 Å². The lowest BCUT2D eigenvalue weighted by Crippen LogP contribution is -2.30. The van der Waals surface area contributed by atoms with E-state index in [0.29, 0.717) is 34.1 Å². The molecule has 0 aliphatic carbocycles. The van der Waals surface area contributed by atoms with Gasteiger partial charge in [0.15, 0.2) is 10.3 Å². The van der Waals surface area contributed by atoms with E-state index in [2.05, 4.69) is 63.3 Å². The molecule has 2 aromatic heterocycles. The van der Waals surface area contributed by atoms with Crippen molar-refractivity contribution in [2.75, 3.05) is 46.9 Å². The summed E-state index contributed by atoms with van der Waals surface area (Å²) in [5.74, 6) is 1.85. The Balaban J connectivity index is 0.000000340. The van der Waals surface area contributed by atoms with Gasteiger partial charge in [0.1, 0.15) is 11.1 Å². The van der Waals surface area contributed by atoms with E-state index >= 15 is 0 Å². The number of thioether (sulfide) groups is 2. The van der Waals surface area contributed by atoms with Gasteiger partial charge in [0.25, 0.3) is 0 Å². The van der Waals surface area contributed by atoms with Gasteiger partial charge in [-0.1, -0.05) is 23.5 Å². The highest BCUT2D eigenvalue weighted by Gasteiger charge is 2.19. The minimum Gasteiger partial charge on any atom is -0.354 e. The zero-order valence-corrected chi connectivity index (χ0v) is 22.4. The minimum atomic E-state index is -0.708. The van der Waals surface area contributed by atoms with Crippen LogP contribution in [-0.2, 0) is 0 Å². The average molecular weight is 505 g/mol. The first-order valence-electron chi connectivity index (χ1n) is 10.5. The van der Waals surface area contributed by atoms with Crippen molar-refractivity contribution in [3.05, 3.63) is 0 Å². The maximum atomic E-state index is 8.95. The molecule has 0 amide bonds. The fourth-order valence-corrected chi connectivity index (χ4v) is 2.81. The van der Waals surface area contributed by atoms with E-state index < -0.39 is 11.1 Å². The quantitative estimate of drug-likeness (QED) is 0.346. The van der Waals surface area contributed by atoms with Gasteiger partial charge in [-0.05, 0) is 54.1 Å². The monoisotopic (exact) mass is 504 g/mol. The second-order valence-electron chi connectivity index (χ2n) is 7.72. The molecule has 0 saturated heterocycles. The number of hydrogen-bond acceptors (Lipinski definition) is 14. The van der Waals surface area contributed by atoms with Gasteiger partial charge >= 0.3 is 0 Å². The number of nitrogens with one attached hydrogen (secondary N) is 4. The Hall–Kier alpha value is -3.10. The summed E-state index contributed by atoms with van der Waals surface area (Å²) < 4.78 is 0. The van der Waals surface area contributed by atoms with Gasteiger partial charge < -0.3 is 21.3 Å². The standard InChI is InChI=1S/2C10H16N6S/c2*1-5-12-7-13-8(15-9(14-7)17-4)16-10(2,3)6-11/h2*5H2,1-4H3,(H2,12,13,14,15,16). The van der Waals surface area contributed by atoms with Crippen LogP contribution in [0.5, 0.6) is 0 Å². The van der Waals surface area contributed by atoms with Crippen molar-refractivity contribution < 1.29 is 0 Å². The molecule has 0 spiro atoms. The molecule has 0 aliphatic heterocycles. The molecule has 0 aliphatic rings. The lowest BCUT2D eigenvalue weighted by atomic mass is 10.1. The third-order valence-corrected chi connectivity index (χ3v) is 4.77. The fourth-order valence-electron chi connectivity index (χ4n) is 2.10. The van der Waals surface area contributed by atoms with Crippen molar-refractivity contribution in [3.8, 4) is 12.1 Å². The van der Waals surface area contributed by atoms with Crippen LogP contribution in [0.2, 0.25) is 0 Å². The van der Waals surface area contributed by atoms with E-state index in [4.69, 9.17) is 10.5 Å². The fraction of sp³-hybridized carbons (Fsp3) is 0.600. The SMILES string of the molecule is CCNc1nc(NC(C)(C)C#N)nc(SC)n1.CCNc1nc(NC(C)(C)C#N)nc(SC)n1. The maximum Gasteiger partial charge on any atom is 0.229 e. The normalized spacial score (nSPS) is 10.8. The number of anilines is 4. The van der Waals surface area contributed by atoms with E-state index in [1.807, 2.05) is 26.4 Å². The lowest BCUT2D eigenvalue weighted by Gasteiger charge is -2.17. The number of hydrogen-bond donors (Lipinski definition) is 4.